The summed E-state index contributed by atoms with van der Waals surface area (Å²) in [6, 6.07) is 11.2. The largest absolute Gasteiger partial charge is 0.506 e. The molecule has 0 fully saturated rings. The first-order valence-electron chi connectivity index (χ1n) is 6.08. The average molecular weight is 265 g/mol. The highest BCUT2D eigenvalue weighted by Crippen LogP contribution is 2.28. The highest BCUT2D eigenvalue weighted by molar-refractivity contribution is 6.48. The summed E-state index contributed by atoms with van der Waals surface area (Å²) >= 11 is 0. The molecule has 4 nitrogen and oxygen atoms in total. The van der Waals surface area contributed by atoms with Gasteiger partial charge in [-0.2, -0.15) is 0 Å². The summed E-state index contributed by atoms with van der Waals surface area (Å²) in [7, 11) is 0. The summed E-state index contributed by atoms with van der Waals surface area (Å²) in [6.45, 7) is 0. The summed E-state index contributed by atoms with van der Waals surface area (Å²) in [4.78, 5) is 0. The van der Waals surface area contributed by atoms with Gasteiger partial charge in [-0.3, -0.25) is 10.8 Å². The monoisotopic (exact) mass is 265 g/mol. The fourth-order valence-electron chi connectivity index (χ4n) is 1.77. The molecule has 100 valence electrons. The van der Waals surface area contributed by atoms with Gasteiger partial charge in [0.1, 0.15) is 5.75 Å². The molecule has 2 aromatic rings. The number of benzene rings is 2. The highest BCUT2D eigenvalue weighted by atomic mass is 16.3. The van der Waals surface area contributed by atoms with Gasteiger partial charge in [0, 0.05) is 5.39 Å². The summed E-state index contributed by atoms with van der Waals surface area (Å²) < 4.78 is 0. The van der Waals surface area contributed by atoms with Crippen LogP contribution >= 0.6 is 0 Å². The number of phenols is 1. The number of aromatic hydroxyl groups is 1. The van der Waals surface area contributed by atoms with Gasteiger partial charge in [-0.1, -0.05) is 42.5 Å². The van der Waals surface area contributed by atoms with Gasteiger partial charge in [0.2, 0.25) is 0 Å². The number of hydrogen-bond donors (Lipinski definition) is 4. The number of phenolic OH excluding ortho intramolecular Hbond substituents is 1. The number of fused-ring (bicyclic) bond motifs is 1. The van der Waals surface area contributed by atoms with Crippen LogP contribution in [0, 0.1) is 10.8 Å². The van der Waals surface area contributed by atoms with E-state index in [0.29, 0.717) is 5.69 Å². The Labute approximate surface area is 116 Å². The van der Waals surface area contributed by atoms with Gasteiger partial charge in [-0.25, -0.2) is 0 Å². The Kier molecular flexibility index (Phi) is 3.96. The van der Waals surface area contributed by atoms with Crippen molar-refractivity contribution >= 4 is 27.9 Å². The Morgan fingerprint density at radius 1 is 0.850 bits per heavy atom. The predicted octanol–water partition coefficient (Wildman–Crippen LogP) is 3.28. The third-order valence-corrected chi connectivity index (χ3v) is 2.87. The van der Waals surface area contributed by atoms with E-state index in [0.717, 1.165) is 10.8 Å². The lowest BCUT2D eigenvalue weighted by Crippen LogP contribution is -2.06. The zero-order valence-corrected chi connectivity index (χ0v) is 10.8. The molecule has 1 aliphatic carbocycles. The second-order valence-electron chi connectivity index (χ2n) is 4.27. The summed E-state index contributed by atoms with van der Waals surface area (Å²) in [5.41, 5.74) is 6.69. The van der Waals surface area contributed by atoms with Crippen LogP contribution < -0.4 is 5.73 Å². The molecule has 0 heterocycles. The first-order valence-corrected chi connectivity index (χ1v) is 6.08. The molecule has 0 radical (unpaired) electrons. The first-order chi connectivity index (χ1) is 9.59. The van der Waals surface area contributed by atoms with Gasteiger partial charge >= 0.3 is 0 Å². The van der Waals surface area contributed by atoms with Gasteiger partial charge in [0.25, 0.3) is 0 Å². The molecule has 0 atom stereocenters. The lowest BCUT2D eigenvalue weighted by Gasteiger charge is -2.02. The lowest BCUT2D eigenvalue weighted by molar-refractivity contribution is 0.478. The Balaban J connectivity index is 0.000000160. The van der Waals surface area contributed by atoms with Crippen LogP contribution in [0.4, 0.5) is 5.69 Å². The maximum Gasteiger partial charge on any atom is 0.139 e. The van der Waals surface area contributed by atoms with Crippen LogP contribution in [-0.2, 0) is 0 Å². The Hall–Kier alpha value is -2.88. The van der Waals surface area contributed by atoms with Crippen molar-refractivity contribution < 1.29 is 5.11 Å². The smallest absolute Gasteiger partial charge is 0.139 e. The van der Waals surface area contributed by atoms with Crippen molar-refractivity contribution in [3.63, 3.8) is 0 Å². The minimum absolute atomic E-state index is 0.147. The number of hydrogen-bond acceptors (Lipinski definition) is 4. The molecule has 0 saturated heterocycles. The summed E-state index contributed by atoms with van der Waals surface area (Å²) in [5.74, 6) is 0.147. The van der Waals surface area contributed by atoms with Crippen molar-refractivity contribution in [1.82, 2.24) is 0 Å². The fraction of sp³-hybridized carbons (Fsp3) is 0. The van der Waals surface area contributed by atoms with E-state index in [1.54, 1.807) is 30.4 Å². The van der Waals surface area contributed by atoms with Gasteiger partial charge in [0.15, 0.2) is 0 Å². The molecule has 1 aliphatic rings. The Bertz CT molecular complexity index is 708. The van der Waals surface area contributed by atoms with E-state index in [9.17, 15) is 5.11 Å². The van der Waals surface area contributed by atoms with E-state index in [2.05, 4.69) is 0 Å². The van der Waals surface area contributed by atoms with Gasteiger partial charge in [-0.05, 0) is 23.6 Å². The molecule has 0 bridgehead atoms. The van der Waals surface area contributed by atoms with Crippen molar-refractivity contribution in [2.24, 2.45) is 0 Å². The SMILES string of the molecule is N=C1C=CC=CC1=N.Nc1c(O)ccc2ccccc12. The third-order valence-electron chi connectivity index (χ3n) is 2.87. The van der Waals surface area contributed by atoms with Crippen LogP contribution in [0.15, 0.2) is 60.7 Å². The van der Waals surface area contributed by atoms with E-state index < -0.39 is 0 Å². The van der Waals surface area contributed by atoms with Crippen molar-refractivity contribution in [1.29, 1.82) is 10.8 Å². The number of nitrogens with one attached hydrogen (secondary N) is 2. The fourth-order valence-corrected chi connectivity index (χ4v) is 1.77. The molecule has 5 N–H and O–H groups in total. The van der Waals surface area contributed by atoms with Crippen molar-refractivity contribution in [2.75, 3.05) is 5.73 Å². The van der Waals surface area contributed by atoms with Crippen LogP contribution in [0.3, 0.4) is 0 Å². The zero-order chi connectivity index (χ0) is 14.5. The maximum atomic E-state index is 9.29. The summed E-state index contributed by atoms with van der Waals surface area (Å²) in [5, 5.41) is 25.3. The van der Waals surface area contributed by atoms with Gasteiger partial charge in [0.05, 0.1) is 17.1 Å². The van der Waals surface area contributed by atoms with Gasteiger partial charge in [-0.15, -0.1) is 0 Å². The zero-order valence-electron chi connectivity index (χ0n) is 10.8. The van der Waals surface area contributed by atoms with Crippen LogP contribution in [-0.4, -0.2) is 16.5 Å². The Morgan fingerprint density at radius 3 is 2.05 bits per heavy atom. The van der Waals surface area contributed by atoms with E-state index in [1.807, 2.05) is 30.3 Å². The van der Waals surface area contributed by atoms with E-state index in [-0.39, 0.29) is 17.2 Å². The number of rotatable bonds is 0. The minimum Gasteiger partial charge on any atom is -0.506 e. The molecule has 2 aromatic carbocycles. The third kappa shape index (κ3) is 2.92. The van der Waals surface area contributed by atoms with E-state index >= 15 is 0 Å². The van der Waals surface area contributed by atoms with Crippen LogP contribution in [0.1, 0.15) is 0 Å². The van der Waals surface area contributed by atoms with E-state index in [1.165, 1.54) is 0 Å². The number of anilines is 1. The van der Waals surface area contributed by atoms with Crippen molar-refractivity contribution in [3.05, 3.63) is 60.7 Å². The van der Waals surface area contributed by atoms with Crippen molar-refractivity contribution in [3.8, 4) is 5.75 Å². The molecular formula is C16H15N3O. The van der Waals surface area contributed by atoms with E-state index in [4.69, 9.17) is 16.6 Å². The normalized spacial score (nSPS) is 13.2. The number of allylic oxidation sites excluding steroid dienone is 4. The molecule has 0 aromatic heterocycles. The second-order valence-corrected chi connectivity index (χ2v) is 4.27. The molecule has 0 spiro atoms. The lowest BCUT2D eigenvalue weighted by atomic mass is 10.1. The minimum atomic E-state index is 0.147. The number of nitrogens with two attached hydrogens (primary N) is 1. The van der Waals surface area contributed by atoms with Crippen LogP contribution in [0.5, 0.6) is 5.75 Å². The molecule has 0 saturated carbocycles. The molecular weight excluding hydrogens is 250 g/mol. The molecule has 0 amide bonds. The summed E-state index contributed by atoms with van der Waals surface area (Å²) in [6.07, 6.45) is 6.70. The standard InChI is InChI=1S/C10H9NO.C6H6N2/c11-10-8-4-2-1-3-7(8)5-6-9(10)12;7-5-3-1-2-4-6(5)8/h1-6,12H,11H2;1-4,7-8H. The number of nitrogen functional groups attached to an aromatic ring is 1. The predicted molar refractivity (Wildman–Crippen MR) is 83.8 cm³/mol. The topological polar surface area (TPSA) is 94.0 Å². The molecule has 4 heteroatoms. The quantitative estimate of drug-likeness (QED) is 0.334. The Morgan fingerprint density at radius 2 is 1.45 bits per heavy atom. The first kappa shape index (κ1) is 13.5. The van der Waals surface area contributed by atoms with Crippen molar-refractivity contribution in [2.45, 2.75) is 0 Å². The second kappa shape index (κ2) is 5.84. The van der Waals surface area contributed by atoms with Crippen LogP contribution in [0.2, 0.25) is 0 Å². The molecule has 3 rings (SSSR count). The molecule has 0 aliphatic heterocycles. The van der Waals surface area contributed by atoms with Gasteiger partial charge < -0.3 is 10.8 Å². The molecule has 0 unspecified atom stereocenters. The highest BCUT2D eigenvalue weighted by Gasteiger charge is 2.00. The average Bonchev–Trinajstić information content (AvgIpc) is 2.47. The molecule has 20 heavy (non-hydrogen) atoms. The van der Waals surface area contributed by atoms with Crippen LogP contribution in [0.25, 0.3) is 10.8 Å². The maximum absolute atomic E-state index is 9.29.